The van der Waals surface area contributed by atoms with Crippen molar-refractivity contribution in [3.05, 3.63) is 22.4 Å². The van der Waals surface area contributed by atoms with Crippen LogP contribution in [0.4, 0.5) is 10.1 Å². The third-order valence-electron chi connectivity index (χ3n) is 4.13. The highest BCUT2D eigenvalue weighted by atomic mass is 79.9. The molecule has 1 aromatic rings. The number of nitrogen functional groups attached to an aromatic ring is 1. The van der Waals surface area contributed by atoms with Gasteiger partial charge in [-0.1, -0.05) is 19.8 Å². The molecule has 1 fully saturated rings. The van der Waals surface area contributed by atoms with Gasteiger partial charge in [0.05, 0.1) is 10.6 Å². The number of halogens is 2. The van der Waals surface area contributed by atoms with Crippen LogP contribution in [0.3, 0.4) is 0 Å². The minimum absolute atomic E-state index is 0.0159. The van der Waals surface area contributed by atoms with E-state index in [0.29, 0.717) is 5.92 Å². The highest BCUT2D eigenvalue weighted by molar-refractivity contribution is 9.10. The third kappa shape index (κ3) is 3.40. The molecular formula is C14H20BrFN2O2S. The minimum Gasteiger partial charge on any atom is -0.396 e. The van der Waals surface area contributed by atoms with E-state index in [-0.39, 0.29) is 21.1 Å². The Morgan fingerprint density at radius 3 is 2.67 bits per heavy atom. The largest absolute Gasteiger partial charge is 0.396 e. The average molecular weight is 379 g/mol. The molecule has 1 saturated carbocycles. The van der Waals surface area contributed by atoms with Crippen molar-refractivity contribution < 1.29 is 12.8 Å². The van der Waals surface area contributed by atoms with Gasteiger partial charge in [-0.3, -0.25) is 0 Å². The molecule has 0 aromatic heterocycles. The van der Waals surface area contributed by atoms with Gasteiger partial charge in [0.15, 0.2) is 0 Å². The number of rotatable bonds is 3. The summed E-state index contributed by atoms with van der Waals surface area (Å²) in [6.07, 6.45) is 3.87. The monoisotopic (exact) mass is 378 g/mol. The van der Waals surface area contributed by atoms with Gasteiger partial charge in [-0.15, -0.1) is 0 Å². The first-order valence-electron chi connectivity index (χ1n) is 6.96. The van der Waals surface area contributed by atoms with Crippen molar-refractivity contribution in [1.82, 2.24) is 4.31 Å². The topological polar surface area (TPSA) is 63.4 Å². The Balaban J connectivity index is 2.35. The smallest absolute Gasteiger partial charge is 0.244 e. The van der Waals surface area contributed by atoms with E-state index in [1.807, 2.05) is 0 Å². The van der Waals surface area contributed by atoms with E-state index in [1.165, 1.54) is 10.4 Å². The molecule has 2 unspecified atom stereocenters. The average Bonchev–Trinajstić information content (AvgIpc) is 2.41. The van der Waals surface area contributed by atoms with E-state index in [0.717, 1.165) is 31.7 Å². The molecule has 1 aliphatic rings. The number of hydrogen-bond acceptors (Lipinski definition) is 3. The van der Waals surface area contributed by atoms with Crippen molar-refractivity contribution in [2.24, 2.45) is 5.92 Å². The first kappa shape index (κ1) is 16.7. The van der Waals surface area contributed by atoms with E-state index in [2.05, 4.69) is 22.9 Å². The van der Waals surface area contributed by atoms with Gasteiger partial charge in [-0.2, -0.15) is 4.31 Å². The van der Waals surface area contributed by atoms with Crippen molar-refractivity contribution in [3.63, 3.8) is 0 Å². The molecule has 0 amide bonds. The lowest BCUT2D eigenvalue weighted by Crippen LogP contribution is -2.39. The van der Waals surface area contributed by atoms with Crippen molar-refractivity contribution in [1.29, 1.82) is 0 Å². The fourth-order valence-corrected chi connectivity index (χ4v) is 5.23. The zero-order valence-corrected chi connectivity index (χ0v) is 14.5. The number of benzene rings is 1. The summed E-state index contributed by atoms with van der Waals surface area (Å²) in [6.45, 7) is 2.14. The van der Waals surface area contributed by atoms with Gasteiger partial charge in [-0.25, -0.2) is 12.8 Å². The quantitative estimate of drug-likeness (QED) is 0.819. The number of nitrogens with two attached hydrogens (primary N) is 1. The Hall–Kier alpha value is -0.660. The zero-order valence-electron chi connectivity index (χ0n) is 12.1. The molecule has 2 rings (SSSR count). The second kappa shape index (κ2) is 6.22. The van der Waals surface area contributed by atoms with Crippen molar-refractivity contribution in [2.75, 3.05) is 12.8 Å². The molecule has 2 atom stereocenters. The SMILES string of the molecule is CC1CCCC(N(C)S(=O)(=O)c2cc(N)c(F)cc2Br)C1. The first-order chi connectivity index (χ1) is 9.73. The summed E-state index contributed by atoms with van der Waals surface area (Å²) < 4.78 is 40.5. The maximum absolute atomic E-state index is 13.4. The van der Waals surface area contributed by atoms with E-state index >= 15 is 0 Å². The predicted molar refractivity (Wildman–Crippen MR) is 84.9 cm³/mol. The summed E-state index contributed by atoms with van der Waals surface area (Å²) in [5.41, 5.74) is 5.34. The lowest BCUT2D eigenvalue weighted by Gasteiger charge is -2.33. The fraction of sp³-hybridized carbons (Fsp3) is 0.571. The van der Waals surface area contributed by atoms with Gasteiger partial charge in [0.2, 0.25) is 10.0 Å². The third-order valence-corrected chi connectivity index (χ3v) is 7.00. The maximum atomic E-state index is 13.4. The molecule has 0 saturated heterocycles. The van der Waals surface area contributed by atoms with Crippen LogP contribution in [0.2, 0.25) is 0 Å². The molecule has 21 heavy (non-hydrogen) atoms. The summed E-state index contributed by atoms with van der Waals surface area (Å²) in [6, 6.07) is 2.26. The van der Waals surface area contributed by atoms with E-state index in [9.17, 15) is 12.8 Å². The van der Waals surface area contributed by atoms with E-state index in [4.69, 9.17) is 5.73 Å². The summed E-state index contributed by atoms with van der Waals surface area (Å²) in [5.74, 6) is -0.113. The van der Waals surface area contributed by atoms with Crippen molar-refractivity contribution in [3.8, 4) is 0 Å². The second-order valence-electron chi connectivity index (χ2n) is 5.75. The maximum Gasteiger partial charge on any atom is 0.244 e. The van der Waals surface area contributed by atoms with Crippen molar-refractivity contribution in [2.45, 2.75) is 43.5 Å². The summed E-state index contributed by atoms with van der Waals surface area (Å²) >= 11 is 3.12. The molecule has 1 aliphatic carbocycles. The molecular weight excluding hydrogens is 359 g/mol. The number of nitrogens with zero attached hydrogens (tertiary/aromatic N) is 1. The van der Waals surface area contributed by atoms with Crippen LogP contribution in [-0.4, -0.2) is 25.8 Å². The number of anilines is 1. The Morgan fingerprint density at radius 1 is 1.38 bits per heavy atom. The zero-order chi connectivity index (χ0) is 15.8. The van der Waals surface area contributed by atoms with Crippen LogP contribution in [0.5, 0.6) is 0 Å². The minimum atomic E-state index is -3.69. The fourth-order valence-electron chi connectivity index (χ4n) is 2.83. The highest BCUT2D eigenvalue weighted by Gasteiger charge is 2.32. The molecule has 0 bridgehead atoms. The molecule has 0 spiro atoms. The molecule has 0 radical (unpaired) electrons. The molecule has 0 aliphatic heterocycles. The van der Waals surface area contributed by atoms with Crippen LogP contribution in [0.1, 0.15) is 32.6 Å². The van der Waals surface area contributed by atoms with Crippen molar-refractivity contribution >= 4 is 31.6 Å². The van der Waals surface area contributed by atoms with Gasteiger partial charge < -0.3 is 5.73 Å². The molecule has 2 N–H and O–H groups in total. The number of hydrogen-bond donors (Lipinski definition) is 1. The van der Waals surface area contributed by atoms with Crippen LogP contribution >= 0.6 is 15.9 Å². The summed E-state index contributed by atoms with van der Waals surface area (Å²) in [4.78, 5) is 0.0159. The normalized spacial score (nSPS) is 23.5. The van der Waals surface area contributed by atoms with Crippen LogP contribution in [0.15, 0.2) is 21.5 Å². The highest BCUT2D eigenvalue weighted by Crippen LogP contribution is 2.33. The van der Waals surface area contributed by atoms with E-state index < -0.39 is 15.8 Å². The predicted octanol–water partition coefficient (Wildman–Crippen LogP) is 3.37. The Bertz CT molecular complexity index is 636. The first-order valence-corrected chi connectivity index (χ1v) is 9.19. The summed E-state index contributed by atoms with van der Waals surface area (Å²) in [7, 11) is -2.10. The molecule has 1 aromatic carbocycles. The lowest BCUT2D eigenvalue weighted by atomic mass is 9.87. The number of sulfonamides is 1. The van der Waals surface area contributed by atoms with Gasteiger partial charge in [0.1, 0.15) is 5.82 Å². The Labute approximate surface area is 133 Å². The van der Waals surface area contributed by atoms with Gasteiger partial charge >= 0.3 is 0 Å². The lowest BCUT2D eigenvalue weighted by molar-refractivity contribution is 0.239. The second-order valence-corrected chi connectivity index (χ2v) is 8.57. The van der Waals surface area contributed by atoms with Crippen LogP contribution < -0.4 is 5.73 Å². The standard InChI is InChI=1S/C14H20BrFN2O2S/c1-9-4-3-5-10(6-9)18(2)21(19,20)14-8-13(17)12(16)7-11(14)15/h7-10H,3-6,17H2,1-2H3. The van der Waals surface area contributed by atoms with Gasteiger partial charge in [0, 0.05) is 17.6 Å². The molecule has 0 heterocycles. The van der Waals surface area contributed by atoms with E-state index in [1.54, 1.807) is 7.05 Å². The van der Waals surface area contributed by atoms with Crippen LogP contribution in [0.25, 0.3) is 0 Å². The van der Waals surface area contributed by atoms with Gasteiger partial charge in [-0.05, 0) is 46.8 Å². The molecule has 4 nitrogen and oxygen atoms in total. The molecule has 118 valence electrons. The molecule has 7 heteroatoms. The summed E-state index contributed by atoms with van der Waals surface area (Å²) in [5, 5.41) is 0. The Morgan fingerprint density at radius 2 is 2.05 bits per heavy atom. The van der Waals surface area contributed by atoms with Gasteiger partial charge in [0.25, 0.3) is 0 Å². The van der Waals surface area contributed by atoms with Crippen LogP contribution in [0, 0.1) is 11.7 Å². The van der Waals surface area contributed by atoms with Crippen LogP contribution in [-0.2, 0) is 10.0 Å². The Kier molecular flexibility index (Phi) is 4.95.